The molecule has 4 rings (SSSR count). The number of rotatable bonds is 6. The predicted octanol–water partition coefficient (Wildman–Crippen LogP) is 5.32. The van der Waals surface area contributed by atoms with Gasteiger partial charge in [-0.2, -0.15) is 0 Å². The van der Waals surface area contributed by atoms with Gasteiger partial charge in [-0.15, -0.1) is 0 Å². The highest BCUT2D eigenvalue weighted by molar-refractivity contribution is 8.04. The lowest BCUT2D eigenvalue weighted by Crippen LogP contribution is -2.31. The molecule has 1 aliphatic heterocycles. The summed E-state index contributed by atoms with van der Waals surface area (Å²) in [6.45, 7) is 0.225. The number of hydrogen-bond acceptors (Lipinski definition) is 4. The maximum atomic E-state index is 13.2. The van der Waals surface area contributed by atoms with Crippen LogP contribution in [0.25, 0.3) is 0 Å². The van der Waals surface area contributed by atoms with E-state index in [1.807, 2.05) is 72.8 Å². The standard InChI is InChI=1S/C23H17ClN2O2S/c24-17-11-13-19(14-12-17)29-21-20(25-18-9-5-2-6-10-18)22(27)26(23(21)28)15-16-7-3-1-4-8-16/h1-14,25H,15H2. The molecule has 2 amide bonds. The van der Waals surface area contributed by atoms with Gasteiger partial charge in [-0.05, 0) is 42.0 Å². The molecule has 0 radical (unpaired) electrons. The Kier molecular flexibility index (Phi) is 5.69. The topological polar surface area (TPSA) is 49.4 Å². The summed E-state index contributed by atoms with van der Waals surface area (Å²) < 4.78 is 0. The maximum absolute atomic E-state index is 13.2. The van der Waals surface area contributed by atoms with Crippen molar-refractivity contribution in [1.82, 2.24) is 4.90 Å². The summed E-state index contributed by atoms with van der Waals surface area (Å²) in [6, 6.07) is 26.0. The number of nitrogens with one attached hydrogen (secondary N) is 1. The second-order valence-corrected chi connectivity index (χ2v) is 7.95. The normalized spacial score (nSPS) is 13.9. The van der Waals surface area contributed by atoms with Crippen molar-refractivity contribution in [1.29, 1.82) is 0 Å². The van der Waals surface area contributed by atoms with Crippen LogP contribution in [0.15, 0.2) is 100 Å². The molecule has 0 spiro atoms. The van der Waals surface area contributed by atoms with Gasteiger partial charge in [-0.1, -0.05) is 71.9 Å². The van der Waals surface area contributed by atoms with Crippen LogP contribution >= 0.6 is 23.4 Å². The molecule has 1 aliphatic rings. The van der Waals surface area contributed by atoms with E-state index in [0.29, 0.717) is 9.93 Å². The van der Waals surface area contributed by atoms with Gasteiger partial charge in [0.05, 0.1) is 6.54 Å². The largest absolute Gasteiger partial charge is 0.350 e. The molecule has 4 nitrogen and oxygen atoms in total. The minimum Gasteiger partial charge on any atom is -0.350 e. The first-order valence-corrected chi connectivity index (χ1v) is 10.2. The van der Waals surface area contributed by atoms with Crippen LogP contribution in [0.2, 0.25) is 5.02 Å². The molecule has 0 saturated heterocycles. The number of thioether (sulfide) groups is 1. The van der Waals surface area contributed by atoms with Crippen molar-refractivity contribution in [2.75, 3.05) is 5.32 Å². The molecule has 3 aromatic carbocycles. The lowest BCUT2D eigenvalue weighted by atomic mass is 10.2. The third-order valence-corrected chi connectivity index (χ3v) is 5.73. The number of nitrogens with zero attached hydrogens (tertiary/aromatic N) is 1. The van der Waals surface area contributed by atoms with E-state index in [-0.39, 0.29) is 24.1 Å². The lowest BCUT2D eigenvalue weighted by Gasteiger charge is -2.15. The molecular weight excluding hydrogens is 404 g/mol. The Hall–Kier alpha value is -3.02. The van der Waals surface area contributed by atoms with Crippen LogP contribution in [0, 0.1) is 0 Å². The van der Waals surface area contributed by atoms with E-state index in [2.05, 4.69) is 5.32 Å². The van der Waals surface area contributed by atoms with Crippen LogP contribution in [0.3, 0.4) is 0 Å². The quantitative estimate of drug-likeness (QED) is 0.548. The summed E-state index contributed by atoms with van der Waals surface area (Å²) in [5.41, 5.74) is 1.93. The highest BCUT2D eigenvalue weighted by Crippen LogP contribution is 2.36. The average molecular weight is 421 g/mol. The van der Waals surface area contributed by atoms with Crippen molar-refractivity contribution in [3.8, 4) is 0 Å². The van der Waals surface area contributed by atoms with Gasteiger partial charge in [-0.3, -0.25) is 14.5 Å². The highest BCUT2D eigenvalue weighted by atomic mass is 35.5. The molecule has 0 fully saturated rings. The van der Waals surface area contributed by atoms with E-state index < -0.39 is 0 Å². The fourth-order valence-electron chi connectivity index (χ4n) is 2.95. The van der Waals surface area contributed by atoms with E-state index >= 15 is 0 Å². The summed E-state index contributed by atoms with van der Waals surface area (Å²) in [5.74, 6) is -0.642. The summed E-state index contributed by atoms with van der Waals surface area (Å²) in [7, 11) is 0. The predicted molar refractivity (Wildman–Crippen MR) is 116 cm³/mol. The Morgan fingerprint density at radius 1 is 0.793 bits per heavy atom. The van der Waals surface area contributed by atoms with Gasteiger partial charge in [-0.25, -0.2) is 0 Å². The summed E-state index contributed by atoms with van der Waals surface area (Å²) in [5, 5.41) is 3.76. The smallest absolute Gasteiger partial charge is 0.278 e. The molecule has 3 aromatic rings. The van der Waals surface area contributed by atoms with Crippen molar-refractivity contribution in [2.24, 2.45) is 0 Å². The summed E-state index contributed by atoms with van der Waals surface area (Å²) in [4.78, 5) is 28.8. The molecule has 0 saturated carbocycles. The molecule has 1 N–H and O–H groups in total. The second-order valence-electron chi connectivity index (χ2n) is 6.43. The van der Waals surface area contributed by atoms with Gasteiger partial charge in [0, 0.05) is 15.6 Å². The fraction of sp³-hybridized carbons (Fsp3) is 0.0435. The number of amides is 2. The number of imide groups is 1. The van der Waals surface area contributed by atoms with E-state index in [1.54, 1.807) is 12.1 Å². The molecule has 0 aromatic heterocycles. The lowest BCUT2D eigenvalue weighted by molar-refractivity contribution is -0.137. The molecule has 144 valence electrons. The average Bonchev–Trinajstić information content (AvgIpc) is 2.96. The van der Waals surface area contributed by atoms with Crippen molar-refractivity contribution < 1.29 is 9.59 Å². The maximum Gasteiger partial charge on any atom is 0.278 e. The molecule has 0 unspecified atom stereocenters. The molecule has 6 heteroatoms. The molecule has 29 heavy (non-hydrogen) atoms. The van der Waals surface area contributed by atoms with E-state index in [0.717, 1.165) is 16.1 Å². The minimum atomic E-state index is -0.334. The van der Waals surface area contributed by atoms with Crippen molar-refractivity contribution in [2.45, 2.75) is 11.4 Å². The van der Waals surface area contributed by atoms with Crippen LogP contribution < -0.4 is 5.32 Å². The van der Waals surface area contributed by atoms with Gasteiger partial charge in [0.15, 0.2) is 0 Å². The van der Waals surface area contributed by atoms with E-state index in [9.17, 15) is 9.59 Å². The Labute approximate surface area is 178 Å². The monoisotopic (exact) mass is 420 g/mol. The minimum absolute atomic E-state index is 0.225. The Morgan fingerprint density at radius 3 is 2.07 bits per heavy atom. The Bertz CT molecular complexity index is 1070. The number of anilines is 1. The van der Waals surface area contributed by atoms with Crippen molar-refractivity contribution >= 4 is 40.9 Å². The highest BCUT2D eigenvalue weighted by Gasteiger charge is 2.39. The van der Waals surface area contributed by atoms with Gasteiger partial charge >= 0.3 is 0 Å². The number of para-hydroxylation sites is 1. The Morgan fingerprint density at radius 2 is 1.41 bits per heavy atom. The zero-order chi connectivity index (χ0) is 20.2. The first-order chi connectivity index (χ1) is 14.1. The number of carbonyl (C=O) groups is 2. The van der Waals surface area contributed by atoms with Gasteiger partial charge < -0.3 is 5.32 Å². The number of hydrogen-bond donors (Lipinski definition) is 1. The third-order valence-electron chi connectivity index (χ3n) is 4.39. The van der Waals surface area contributed by atoms with E-state index in [4.69, 9.17) is 11.6 Å². The van der Waals surface area contributed by atoms with Crippen LogP contribution in [0.5, 0.6) is 0 Å². The summed E-state index contributed by atoms with van der Waals surface area (Å²) in [6.07, 6.45) is 0. The van der Waals surface area contributed by atoms with E-state index in [1.165, 1.54) is 16.7 Å². The van der Waals surface area contributed by atoms with Crippen LogP contribution in [0.1, 0.15) is 5.56 Å². The van der Waals surface area contributed by atoms with Crippen molar-refractivity contribution in [3.63, 3.8) is 0 Å². The zero-order valence-electron chi connectivity index (χ0n) is 15.3. The van der Waals surface area contributed by atoms with Gasteiger partial charge in [0.1, 0.15) is 10.6 Å². The number of carbonyl (C=O) groups excluding carboxylic acids is 2. The fourth-order valence-corrected chi connectivity index (χ4v) is 4.03. The third kappa shape index (κ3) is 4.36. The van der Waals surface area contributed by atoms with Crippen LogP contribution in [-0.4, -0.2) is 16.7 Å². The summed E-state index contributed by atoms with van der Waals surface area (Å²) >= 11 is 7.23. The van der Waals surface area contributed by atoms with Gasteiger partial charge in [0.25, 0.3) is 11.8 Å². The van der Waals surface area contributed by atoms with Gasteiger partial charge in [0.2, 0.25) is 0 Å². The zero-order valence-corrected chi connectivity index (χ0v) is 16.9. The van der Waals surface area contributed by atoms with Crippen LogP contribution in [0.4, 0.5) is 5.69 Å². The molecule has 0 atom stereocenters. The molecular formula is C23H17ClN2O2S. The number of benzene rings is 3. The SMILES string of the molecule is O=C1C(Nc2ccccc2)=C(Sc2ccc(Cl)cc2)C(=O)N1Cc1ccccc1. The first-order valence-electron chi connectivity index (χ1n) is 9.02. The number of halogens is 1. The first kappa shape index (κ1) is 19.3. The van der Waals surface area contributed by atoms with Crippen LogP contribution in [-0.2, 0) is 16.1 Å². The second kappa shape index (κ2) is 8.55. The molecule has 0 bridgehead atoms. The molecule has 0 aliphatic carbocycles. The van der Waals surface area contributed by atoms with Crippen molar-refractivity contribution in [3.05, 3.63) is 106 Å². The molecule has 1 heterocycles. The Balaban J connectivity index is 1.67.